The molecule has 3 nitrogen and oxygen atoms in total. The molecule has 0 N–H and O–H groups in total. The fourth-order valence-corrected chi connectivity index (χ4v) is 1.34. The van der Waals surface area contributed by atoms with Gasteiger partial charge in [-0.3, -0.25) is 0 Å². The molecule has 0 spiro atoms. The Morgan fingerprint density at radius 3 is 1.91 bits per heavy atom. The van der Waals surface area contributed by atoms with E-state index in [0.29, 0.717) is 6.42 Å². The summed E-state index contributed by atoms with van der Waals surface area (Å²) in [4.78, 5) is 30.2. The smallest absolute Gasteiger partial charge is 0.688 e. The van der Waals surface area contributed by atoms with E-state index >= 15 is 0 Å². The molecule has 0 rings (SSSR count). The van der Waals surface area contributed by atoms with Gasteiger partial charge in [-0.1, -0.05) is 19.8 Å². The van der Waals surface area contributed by atoms with Crippen molar-refractivity contribution < 1.29 is 14.7 Å². The summed E-state index contributed by atoms with van der Waals surface area (Å²) in [5.74, 6) is 0. The maximum atomic E-state index is 10.1. The molecule has 0 aromatic heterocycles. The monoisotopic (exact) mass is 204 g/mol. The molecule has 0 heterocycles. The number of hydrogen-bond donors (Lipinski definition) is 0. The standard InChI is InChI=1S/C6H15O3P.Ca/c1-2-3-4-5-6-10(7,8)9;/h2-6H2,1H3,(H2,7,8,9);/q;+2/p-2. The molecular weight excluding hydrogens is 191 g/mol. The van der Waals surface area contributed by atoms with Crippen LogP contribution in [0.25, 0.3) is 0 Å². The van der Waals surface area contributed by atoms with Crippen molar-refractivity contribution >= 4 is 45.7 Å². The third-order valence-electron chi connectivity index (χ3n) is 1.29. The summed E-state index contributed by atoms with van der Waals surface area (Å²) in [5.41, 5.74) is 0. The van der Waals surface area contributed by atoms with Gasteiger partial charge in [0, 0.05) is 6.16 Å². The van der Waals surface area contributed by atoms with Crippen LogP contribution in [-0.4, -0.2) is 43.9 Å². The number of hydrogen-bond acceptors (Lipinski definition) is 3. The van der Waals surface area contributed by atoms with E-state index in [1.54, 1.807) is 0 Å². The first kappa shape index (κ1) is 15.1. The quantitative estimate of drug-likeness (QED) is 0.328. The van der Waals surface area contributed by atoms with Gasteiger partial charge in [-0.15, -0.1) is 0 Å². The van der Waals surface area contributed by atoms with Crippen LogP contribution in [0.2, 0.25) is 0 Å². The Morgan fingerprint density at radius 1 is 1.00 bits per heavy atom. The van der Waals surface area contributed by atoms with E-state index < -0.39 is 7.94 Å². The van der Waals surface area contributed by atoms with Gasteiger partial charge in [-0.2, -0.15) is 7.94 Å². The molecule has 0 radical (unpaired) electrons. The van der Waals surface area contributed by atoms with E-state index in [4.69, 9.17) is 0 Å². The molecule has 62 valence electrons. The fourth-order valence-electron chi connectivity index (χ4n) is 0.732. The summed E-state index contributed by atoms with van der Waals surface area (Å²) in [6.45, 7) is 2.04. The molecule has 0 saturated heterocycles. The van der Waals surface area contributed by atoms with Crippen molar-refractivity contribution in [2.24, 2.45) is 0 Å². The van der Waals surface area contributed by atoms with Crippen LogP contribution in [0.5, 0.6) is 0 Å². The van der Waals surface area contributed by atoms with Gasteiger partial charge >= 0.3 is 37.7 Å². The Labute approximate surface area is 98.4 Å². The van der Waals surface area contributed by atoms with Crippen LogP contribution in [0.15, 0.2) is 0 Å². The molecule has 0 fully saturated rings. The zero-order chi connectivity index (χ0) is 8.04. The first-order valence-electron chi connectivity index (χ1n) is 3.57. The van der Waals surface area contributed by atoms with Gasteiger partial charge in [0.15, 0.2) is 0 Å². The van der Waals surface area contributed by atoms with E-state index in [9.17, 15) is 14.7 Å². The summed E-state index contributed by atoms with van der Waals surface area (Å²) in [5, 5.41) is 0. The van der Waals surface area contributed by atoms with Crippen molar-refractivity contribution in [3.05, 3.63) is 0 Å². The van der Waals surface area contributed by atoms with E-state index in [1.165, 1.54) is 0 Å². The molecule has 0 saturated carbocycles. The van der Waals surface area contributed by atoms with Crippen molar-refractivity contribution in [3.8, 4) is 0 Å². The van der Waals surface area contributed by atoms with Crippen molar-refractivity contribution in [2.45, 2.75) is 32.6 Å². The molecule has 0 aromatic rings. The second kappa shape index (κ2) is 8.18. The first-order chi connectivity index (χ1) is 4.56. The van der Waals surface area contributed by atoms with Gasteiger partial charge in [0.05, 0.1) is 0 Å². The van der Waals surface area contributed by atoms with Crippen molar-refractivity contribution in [3.63, 3.8) is 0 Å². The summed E-state index contributed by atoms with van der Waals surface area (Å²) in [6, 6.07) is 0. The minimum Gasteiger partial charge on any atom is -0.688 e. The van der Waals surface area contributed by atoms with Gasteiger partial charge in [0.25, 0.3) is 0 Å². The van der Waals surface area contributed by atoms with Crippen LogP contribution < -0.4 is 14.7 Å². The molecule has 0 atom stereocenters. The predicted octanol–water partition coefficient (Wildman–Crippen LogP) is -0.971. The normalized spacial score (nSPS) is 10.9. The van der Waals surface area contributed by atoms with E-state index in [1.807, 2.05) is 6.92 Å². The van der Waals surface area contributed by atoms with E-state index in [2.05, 4.69) is 0 Å². The Morgan fingerprint density at radius 2 is 1.55 bits per heavy atom. The second-order valence-corrected chi connectivity index (χ2v) is 4.06. The maximum absolute atomic E-state index is 10.1. The minimum absolute atomic E-state index is 0. The van der Waals surface area contributed by atoms with Gasteiger partial charge in [0.1, 0.15) is 0 Å². The number of unbranched alkanes of at least 4 members (excludes halogenated alkanes) is 3. The Kier molecular flexibility index (Phi) is 11.2. The minimum atomic E-state index is -4.21. The van der Waals surface area contributed by atoms with Gasteiger partial charge in [0.2, 0.25) is 0 Å². The average Bonchev–Trinajstić information content (AvgIpc) is 1.78. The molecule has 0 aliphatic rings. The molecule has 5 heteroatoms. The zero-order valence-electron chi connectivity index (χ0n) is 6.91. The van der Waals surface area contributed by atoms with E-state index in [-0.39, 0.29) is 43.9 Å². The first-order valence-corrected chi connectivity index (χ1v) is 5.30. The van der Waals surface area contributed by atoms with Gasteiger partial charge in [-0.05, 0) is 12.8 Å². The SMILES string of the molecule is CCCCCC[P+]([O-])([O-])[O-].[Ca+2]. The van der Waals surface area contributed by atoms with Crippen molar-refractivity contribution in [1.29, 1.82) is 0 Å². The molecule has 0 aromatic carbocycles. The van der Waals surface area contributed by atoms with Crippen LogP contribution in [-0.2, 0) is 0 Å². The molecule has 0 amide bonds. The van der Waals surface area contributed by atoms with Crippen LogP contribution in [0.1, 0.15) is 32.6 Å². The Bertz CT molecular complexity index is 84.4. The van der Waals surface area contributed by atoms with Crippen molar-refractivity contribution in [1.82, 2.24) is 0 Å². The van der Waals surface area contributed by atoms with Crippen molar-refractivity contribution in [2.75, 3.05) is 6.16 Å². The average molecular weight is 204 g/mol. The molecule has 0 aliphatic carbocycles. The third kappa shape index (κ3) is 14.4. The Balaban J connectivity index is 0. The molecule has 0 bridgehead atoms. The Hall–Kier alpha value is 1.57. The summed E-state index contributed by atoms with van der Waals surface area (Å²) in [7, 11) is -4.21. The van der Waals surface area contributed by atoms with E-state index in [0.717, 1.165) is 19.3 Å². The maximum Gasteiger partial charge on any atom is 2.00 e. The zero-order valence-corrected chi connectivity index (χ0v) is 10.0. The number of rotatable bonds is 5. The molecule has 0 aliphatic heterocycles. The largest absolute Gasteiger partial charge is 2.00 e. The van der Waals surface area contributed by atoms with Crippen LogP contribution in [0.3, 0.4) is 0 Å². The van der Waals surface area contributed by atoms with Crippen LogP contribution in [0.4, 0.5) is 0 Å². The predicted molar refractivity (Wildman–Crippen MR) is 41.7 cm³/mol. The molecule has 11 heavy (non-hydrogen) atoms. The summed E-state index contributed by atoms with van der Waals surface area (Å²) >= 11 is 0. The second-order valence-electron chi connectivity index (χ2n) is 2.40. The molecular formula is C6H13CaO3P. The topological polar surface area (TPSA) is 69.2 Å². The van der Waals surface area contributed by atoms with Crippen LogP contribution >= 0.6 is 7.94 Å². The summed E-state index contributed by atoms with van der Waals surface area (Å²) < 4.78 is 0. The summed E-state index contributed by atoms with van der Waals surface area (Å²) in [6.07, 6.45) is 3.28. The fraction of sp³-hybridized carbons (Fsp3) is 1.00. The van der Waals surface area contributed by atoms with Crippen LogP contribution in [0, 0.1) is 0 Å². The third-order valence-corrected chi connectivity index (χ3v) is 2.15. The van der Waals surface area contributed by atoms with Gasteiger partial charge < -0.3 is 14.7 Å². The van der Waals surface area contributed by atoms with Gasteiger partial charge in [-0.25, -0.2) is 0 Å². The molecule has 0 unspecified atom stereocenters.